The van der Waals surface area contributed by atoms with Gasteiger partial charge in [0, 0.05) is 21.0 Å². The first-order chi connectivity index (χ1) is 6.50. The van der Waals surface area contributed by atoms with Gasteiger partial charge in [-0.25, -0.2) is 9.78 Å². The Morgan fingerprint density at radius 2 is 2.14 bits per heavy atom. The monoisotopic (exact) mass is 197 g/mol. The van der Waals surface area contributed by atoms with Gasteiger partial charge >= 0.3 is 6.03 Å². The summed E-state index contributed by atoms with van der Waals surface area (Å²) in [5.74, 6) is 1.33. The lowest BCUT2D eigenvalue weighted by Crippen LogP contribution is -2.33. The fourth-order valence-corrected chi connectivity index (χ4v) is 1.05. The second-order valence-corrected chi connectivity index (χ2v) is 3.29. The number of hydrogen-bond acceptors (Lipinski definition) is 3. The third-order valence-electron chi connectivity index (χ3n) is 1.81. The normalized spacial score (nSPS) is 10.0. The molecule has 1 aromatic heterocycles. The van der Waals surface area contributed by atoms with Gasteiger partial charge in [0.2, 0.25) is 0 Å². The molecular formula is C9H15N3O2. The number of aromatic nitrogens is 1. The van der Waals surface area contributed by atoms with E-state index in [1.807, 2.05) is 6.92 Å². The largest absolute Gasteiger partial charge is 0.444 e. The van der Waals surface area contributed by atoms with Crippen LogP contribution in [0.25, 0.3) is 0 Å². The van der Waals surface area contributed by atoms with Crippen molar-refractivity contribution < 1.29 is 9.21 Å². The lowest BCUT2D eigenvalue weighted by Gasteiger charge is -2.10. The zero-order chi connectivity index (χ0) is 10.7. The van der Waals surface area contributed by atoms with Crippen LogP contribution in [0.1, 0.15) is 17.3 Å². The smallest absolute Gasteiger partial charge is 0.317 e. The third-order valence-corrected chi connectivity index (χ3v) is 1.81. The number of aryl methyl sites for hydroxylation is 2. The number of carbonyl (C=O) groups excluding carboxylic acids is 1. The summed E-state index contributed by atoms with van der Waals surface area (Å²) in [4.78, 5) is 16.8. The van der Waals surface area contributed by atoms with Crippen LogP contribution in [0.3, 0.4) is 0 Å². The Morgan fingerprint density at radius 3 is 2.57 bits per heavy atom. The summed E-state index contributed by atoms with van der Waals surface area (Å²) in [5, 5.41) is 2.71. The Bertz CT molecular complexity index is 331. The highest BCUT2D eigenvalue weighted by Crippen LogP contribution is 2.08. The van der Waals surface area contributed by atoms with Crippen molar-refractivity contribution in [3.63, 3.8) is 0 Å². The number of nitrogens with zero attached hydrogens (tertiary/aromatic N) is 2. The topological polar surface area (TPSA) is 58.4 Å². The Labute approximate surface area is 83.1 Å². The van der Waals surface area contributed by atoms with Crippen molar-refractivity contribution in [1.29, 1.82) is 0 Å². The lowest BCUT2D eigenvalue weighted by molar-refractivity contribution is 0.216. The fraction of sp³-hybridized carbons (Fsp3) is 0.556. The molecule has 5 heteroatoms. The van der Waals surface area contributed by atoms with Crippen LogP contribution in [0.5, 0.6) is 0 Å². The minimum absolute atomic E-state index is 0.140. The summed E-state index contributed by atoms with van der Waals surface area (Å²) < 4.78 is 5.30. The number of amides is 2. The Kier molecular flexibility index (Phi) is 3.11. The zero-order valence-electron chi connectivity index (χ0n) is 8.92. The number of nitrogens with one attached hydrogen (secondary N) is 1. The number of hydrogen-bond donors (Lipinski definition) is 1. The molecule has 0 atom stereocenters. The van der Waals surface area contributed by atoms with Crippen molar-refractivity contribution in [2.75, 3.05) is 14.1 Å². The maximum atomic E-state index is 11.2. The van der Waals surface area contributed by atoms with E-state index in [1.165, 1.54) is 4.90 Å². The van der Waals surface area contributed by atoms with Gasteiger partial charge in [-0.1, -0.05) is 0 Å². The van der Waals surface area contributed by atoms with E-state index in [4.69, 9.17) is 4.42 Å². The molecule has 2 amide bonds. The summed E-state index contributed by atoms with van der Waals surface area (Å²) >= 11 is 0. The van der Waals surface area contributed by atoms with E-state index in [0.717, 1.165) is 5.69 Å². The number of urea groups is 1. The molecule has 0 saturated carbocycles. The minimum atomic E-state index is -0.140. The van der Waals surface area contributed by atoms with E-state index in [0.29, 0.717) is 18.2 Å². The molecular weight excluding hydrogens is 182 g/mol. The molecule has 0 bridgehead atoms. The van der Waals surface area contributed by atoms with Crippen molar-refractivity contribution in [2.24, 2.45) is 0 Å². The molecule has 0 aliphatic carbocycles. The van der Waals surface area contributed by atoms with Crippen molar-refractivity contribution in [3.8, 4) is 0 Å². The summed E-state index contributed by atoms with van der Waals surface area (Å²) in [6.07, 6.45) is 0. The van der Waals surface area contributed by atoms with Gasteiger partial charge in [-0.05, 0) is 6.92 Å². The van der Waals surface area contributed by atoms with Gasteiger partial charge in [0.25, 0.3) is 0 Å². The van der Waals surface area contributed by atoms with Crippen LogP contribution in [0, 0.1) is 13.8 Å². The van der Waals surface area contributed by atoms with Crippen molar-refractivity contribution >= 4 is 6.03 Å². The predicted molar refractivity (Wildman–Crippen MR) is 51.9 cm³/mol. The standard InChI is InChI=1S/C9H15N3O2/c1-6-8(14-7(2)11-6)5-10-9(13)12(3)4/h5H2,1-4H3,(H,10,13). The molecule has 1 heterocycles. The molecule has 0 aliphatic heterocycles. The van der Waals surface area contributed by atoms with Gasteiger partial charge in [-0.15, -0.1) is 0 Å². The van der Waals surface area contributed by atoms with Gasteiger partial charge in [-0.2, -0.15) is 0 Å². The summed E-state index contributed by atoms with van der Waals surface area (Å²) in [7, 11) is 3.38. The van der Waals surface area contributed by atoms with Crippen molar-refractivity contribution in [3.05, 3.63) is 17.3 Å². The van der Waals surface area contributed by atoms with Crippen LogP contribution in [0.15, 0.2) is 4.42 Å². The predicted octanol–water partition coefficient (Wildman–Crippen LogP) is 1.06. The van der Waals surface area contributed by atoms with Gasteiger partial charge < -0.3 is 14.6 Å². The number of carbonyl (C=O) groups is 1. The average molecular weight is 197 g/mol. The second kappa shape index (κ2) is 4.13. The zero-order valence-corrected chi connectivity index (χ0v) is 8.92. The minimum Gasteiger partial charge on any atom is -0.444 e. The lowest BCUT2D eigenvalue weighted by atomic mass is 10.4. The van der Waals surface area contributed by atoms with E-state index in [-0.39, 0.29) is 6.03 Å². The first kappa shape index (κ1) is 10.6. The molecule has 1 N–H and O–H groups in total. The second-order valence-electron chi connectivity index (χ2n) is 3.29. The molecule has 0 spiro atoms. The molecule has 1 rings (SSSR count). The third kappa shape index (κ3) is 2.48. The fourth-order valence-electron chi connectivity index (χ4n) is 1.05. The highest BCUT2D eigenvalue weighted by molar-refractivity contribution is 5.73. The van der Waals surface area contributed by atoms with Crippen LogP contribution in [-0.2, 0) is 6.54 Å². The van der Waals surface area contributed by atoms with Crippen LogP contribution in [0.4, 0.5) is 4.79 Å². The van der Waals surface area contributed by atoms with Crippen molar-refractivity contribution in [1.82, 2.24) is 15.2 Å². The first-order valence-electron chi connectivity index (χ1n) is 4.38. The van der Waals surface area contributed by atoms with E-state index < -0.39 is 0 Å². The number of rotatable bonds is 2. The van der Waals surface area contributed by atoms with Gasteiger partial charge in [0.05, 0.1) is 12.2 Å². The van der Waals surface area contributed by atoms with Crippen LogP contribution in [-0.4, -0.2) is 30.0 Å². The molecule has 0 fully saturated rings. The van der Waals surface area contributed by atoms with Crippen molar-refractivity contribution in [2.45, 2.75) is 20.4 Å². The Balaban J connectivity index is 2.54. The molecule has 78 valence electrons. The number of oxazole rings is 1. The van der Waals surface area contributed by atoms with Gasteiger partial charge in [-0.3, -0.25) is 0 Å². The Hall–Kier alpha value is -1.52. The SMILES string of the molecule is Cc1nc(C)c(CNC(=O)N(C)C)o1. The summed E-state index contributed by atoms with van der Waals surface area (Å²) in [5.41, 5.74) is 0.821. The van der Waals surface area contributed by atoms with Crippen LogP contribution >= 0.6 is 0 Å². The molecule has 0 unspecified atom stereocenters. The molecule has 0 aromatic carbocycles. The Morgan fingerprint density at radius 1 is 1.50 bits per heavy atom. The van der Waals surface area contributed by atoms with Crippen LogP contribution in [0.2, 0.25) is 0 Å². The maximum absolute atomic E-state index is 11.2. The molecule has 0 radical (unpaired) electrons. The van der Waals surface area contributed by atoms with E-state index in [1.54, 1.807) is 21.0 Å². The molecule has 0 aliphatic rings. The summed E-state index contributed by atoms with van der Waals surface area (Å²) in [6, 6.07) is -0.140. The highest BCUT2D eigenvalue weighted by atomic mass is 16.4. The highest BCUT2D eigenvalue weighted by Gasteiger charge is 2.08. The van der Waals surface area contributed by atoms with Gasteiger partial charge in [0.1, 0.15) is 5.76 Å². The molecule has 1 aromatic rings. The van der Waals surface area contributed by atoms with Crippen LogP contribution < -0.4 is 5.32 Å². The van der Waals surface area contributed by atoms with E-state index in [9.17, 15) is 4.79 Å². The molecule has 14 heavy (non-hydrogen) atoms. The van der Waals surface area contributed by atoms with E-state index >= 15 is 0 Å². The van der Waals surface area contributed by atoms with E-state index in [2.05, 4.69) is 10.3 Å². The van der Waals surface area contributed by atoms with Gasteiger partial charge in [0.15, 0.2) is 5.89 Å². The molecule has 0 saturated heterocycles. The average Bonchev–Trinajstić information content (AvgIpc) is 2.40. The first-order valence-corrected chi connectivity index (χ1v) is 4.38. The quantitative estimate of drug-likeness (QED) is 0.771. The maximum Gasteiger partial charge on any atom is 0.317 e. The summed E-state index contributed by atoms with van der Waals surface area (Å²) in [6.45, 7) is 4.02. The molecule has 5 nitrogen and oxygen atoms in total.